The summed E-state index contributed by atoms with van der Waals surface area (Å²) >= 11 is 0. The van der Waals surface area contributed by atoms with Gasteiger partial charge in [-0.1, -0.05) is 11.3 Å². The van der Waals surface area contributed by atoms with Gasteiger partial charge in [-0.15, -0.1) is 5.10 Å². The molecule has 0 saturated heterocycles. The van der Waals surface area contributed by atoms with Crippen molar-refractivity contribution >= 4 is 5.91 Å². The zero-order chi connectivity index (χ0) is 15.7. The first-order valence-electron chi connectivity index (χ1n) is 6.73. The first-order chi connectivity index (χ1) is 10.5. The zero-order valence-corrected chi connectivity index (χ0v) is 12.2. The molecule has 0 aliphatic carbocycles. The zero-order valence-electron chi connectivity index (χ0n) is 12.2. The van der Waals surface area contributed by atoms with Crippen molar-refractivity contribution < 1.29 is 19.4 Å². The maximum absolute atomic E-state index is 11.9. The van der Waals surface area contributed by atoms with Crippen molar-refractivity contribution in [2.45, 2.75) is 12.5 Å². The number of aromatic nitrogens is 3. The van der Waals surface area contributed by atoms with Crippen LogP contribution in [0.25, 0.3) is 0 Å². The summed E-state index contributed by atoms with van der Waals surface area (Å²) in [6.45, 7) is 1.81. The monoisotopic (exact) mass is 304 g/mol. The number of nitrogens with one attached hydrogen (secondary N) is 1. The molecule has 0 bridgehead atoms. The van der Waals surface area contributed by atoms with Crippen LogP contribution in [0.4, 0.5) is 0 Å². The third-order valence-electron chi connectivity index (χ3n) is 3.42. The molecule has 2 N–H and O–H groups in total. The molecular formula is C14H16N4O4. The smallest absolute Gasteiger partial charge is 0.273 e. The van der Waals surface area contributed by atoms with Crippen molar-refractivity contribution in [1.29, 1.82) is 0 Å². The minimum atomic E-state index is -1.25. The van der Waals surface area contributed by atoms with Crippen LogP contribution in [0.5, 0.6) is 11.5 Å². The van der Waals surface area contributed by atoms with Crippen molar-refractivity contribution in [1.82, 2.24) is 20.3 Å². The minimum Gasteiger partial charge on any atom is -0.454 e. The lowest BCUT2D eigenvalue weighted by Crippen LogP contribution is -2.38. The molecule has 2 aromatic rings. The van der Waals surface area contributed by atoms with Gasteiger partial charge in [0.25, 0.3) is 5.91 Å². The summed E-state index contributed by atoms with van der Waals surface area (Å²) in [4.78, 5) is 11.9. The summed E-state index contributed by atoms with van der Waals surface area (Å²) in [6, 6.07) is 5.18. The highest BCUT2D eigenvalue weighted by molar-refractivity contribution is 5.91. The normalized spacial score (nSPS) is 15.4. The van der Waals surface area contributed by atoms with E-state index in [9.17, 15) is 9.90 Å². The number of benzene rings is 1. The number of aryl methyl sites for hydroxylation is 1. The SMILES string of the molecule is Cn1cc(C(=O)NC[C@](C)(O)c2ccc3c(c2)OCO3)nn1. The second-order valence-electron chi connectivity index (χ2n) is 5.30. The number of carbonyl (C=O) groups is 1. The number of rotatable bonds is 4. The average molecular weight is 304 g/mol. The molecule has 0 spiro atoms. The third kappa shape index (κ3) is 2.73. The van der Waals surface area contributed by atoms with Gasteiger partial charge in [-0.2, -0.15) is 0 Å². The first-order valence-corrected chi connectivity index (χ1v) is 6.73. The van der Waals surface area contributed by atoms with E-state index in [1.165, 1.54) is 10.9 Å². The molecule has 0 radical (unpaired) electrons. The second kappa shape index (κ2) is 5.30. The molecule has 1 atom stereocenters. The van der Waals surface area contributed by atoms with Crippen LogP contribution in [0.1, 0.15) is 23.0 Å². The Hall–Kier alpha value is -2.61. The van der Waals surface area contributed by atoms with E-state index >= 15 is 0 Å². The van der Waals surface area contributed by atoms with E-state index in [1.54, 1.807) is 32.2 Å². The molecule has 0 unspecified atom stereocenters. The number of hydrogen-bond acceptors (Lipinski definition) is 6. The Labute approximate surface area is 126 Å². The van der Waals surface area contributed by atoms with Gasteiger partial charge in [0.05, 0.1) is 12.7 Å². The molecule has 0 fully saturated rings. The second-order valence-corrected chi connectivity index (χ2v) is 5.30. The van der Waals surface area contributed by atoms with Crippen LogP contribution in [0.15, 0.2) is 24.4 Å². The Morgan fingerprint density at radius 3 is 2.95 bits per heavy atom. The molecule has 1 aliphatic rings. The summed E-state index contributed by atoms with van der Waals surface area (Å²) in [5, 5.41) is 20.6. The summed E-state index contributed by atoms with van der Waals surface area (Å²) in [7, 11) is 1.67. The number of nitrogens with zero attached hydrogens (tertiary/aromatic N) is 3. The number of fused-ring (bicyclic) bond motifs is 1. The molecule has 116 valence electrons. The Morgan fingerprint density at radius 1 is 1.45 bits per heavy atom. The van der Waals surface area contributed by atoms with Crippen LogP contribution in [0.2, 0.25) is 0 Å². The number of amides is 1. The van der Waals surface area contributed by atoms with E-state index in [0.717, 1.165) is 0 Å². The van der Waals surface area contributed by atoms with Crippen molar-refractivity contribution in [2.75, 3.05) is 13.3 Å². The van der Waals surface area contributed by atoms with Gasteiger partial charge in [0.2, 0.25) is 6.79 Å². The van der Waals surface area contributed by atoms with E-state index in [2.05, 4.69) is 15.6 Å². The van der Waals surface area contributed by atoms with Crippen LogP contribution in [0.3, 0.4) is 0 Å². The van der Waals surface area contributed by atoms with Gasteiger partial charge in [0.15, 0.2) is 17.2 Å². The number of carbonyl (C=O) groups excluding carboxylic acids is 1. The highest BCUT2D eigenvalue weighted by atomic mass is 16.7. The van der Waals surface area contributed by atoms with Crippen LogP contribution in [0, 0.1) is 0 Å². The Balaban J connectivity index is 1.69. The lowest BCUT2D eigenvalue weighted by Gasteiger charge is -2.24. The van der Waals surface area contributed by atoms with E-state index in [-0.39, 0.29) is 19.0 Å². The summed E-state index contributed by atoms with van der Waals surface area (Å²) in [5.74, 6) is 0.829. The number of aliphatic hydroxyl groups is 1. The molecule has 1 aliphatic heterocycles. The molecule has 1 aromatic heterocycles. The fraction of sp³-hybridized carbons (Fsp3) is 0.357. The molecule has 3 rings (SSSR count). The Morgan fingerprint density at radius 2 is 2.23 bits per heavy atom. The fourth-order valence-corrected chi connectivity index (χ4v) is 2.13. The van der Waals surface area contributed by atoms with Gasteiger partial charge in [-0.3, -0.25) is 9.48 Å². The van der Waals surface area contributed by atoms with Crippen LogP contribution < -0.4 is 14.8 Å². The van der Waals surface area contributed by atoms with Crippen molar-refractivity contribution in [2.24, 2.45) is 7.05 Å². The third-order valence-corrected chi connectivity index (χ3v) is 3.42. The molecule has 2 heterocycles. The van der Waals surface area contributed by atoms with Gasteiger partial charge in [0, 0.05) is 7.05 Å². The average Bonchev–Trinajstić information content (AvgIpc) is 3.12. The topological polar surface area (TPSA) is 98.5 Å². The predicted octanol–water partition coefficient (Wildman–Crippen LogP) is 0.181. The van der Waals surface area contributed by atoms with Crippen molar-refractivity contribution in [3.63, 3.8) is 0 Å². The van der Waals surface area contributed by atoms with Crippen LogP contribution in [-0.4, -0.2) is 39.3 Å². The van der Waals surface area contributed by atoms with Crippen LogP contribution in [-0.2, 0) is 12.6 Å². The van der Waals surface area contributed by atoms with E-state index in [4.69, 9.17) is 9.47 Å². The van der Waals surface area contributed by atoms with Gasteiger partial charge in [-0.05, 0) is 24.6 Å². The first kappa shape index (κ1) is 14.3. The molecule has 1 amide bonds. The highest BCUT2D eigenvalue weighted by Crippen LogP contribution is 2.35. The Kier molecular flexibility index (Phi) is 3.45. The highest BCUT2D eigenvalue weighted by Gasteiger charge is 2.27. The quantitative estimate of drug-likeness (QED) is 0.836. The minimum absolute atomic E-state index is 0.0298. The van der Waals surface area contributed by atoms with E-state index in [1.807, 2.05) is 0 Å². The Bertz CT molecular complexity index is 711. The fourth-order valence-electron chi connectivity index (χ4n) is 2.13. The maximum Gasteiger partial charge on any atom is 0.273 e. The number of hydrogen-bond donors (Lipinski definition) is 2. The van der Waals surface area contributed by atoms with Crippen LogP contribution >= 0.6 is 0 Å². The molecule has 1 aromatic carbocycles. The van der Waals surface area contributed by atoms with Gasteiger partial charge in [0.1, 0.15) is 5.60 Å². The molecule has 0 saturated carbocycles. The van der Waals surface area contributed by atoms with E-state index < -0.39 is 11.5 Å². The summed E-state index contributed by atoms with van der Waals surface area (Å²) in [6.07, 6.45) is 1.50. The van der Waals surface area contributed by atoms with Crippen molar-refractivity contribution in [3.05, 3.63) is 35.7 Å². The predicted molar refractivity (Wildman–Crippen MR) is 75.5 cm³/mol. The van der Waals surface area contributed by atoms with Gasteiger partial charge >= 0.3 is 0 Å². The lowest BCUT2D eigenvalue weighted by molar-refractivity contribution is 0.0523. The molecule has 8 heteroatoms. The standard InChI is InChI=1S/C14H16N4O4/c1-14(20,7-15-13(19)10-6-18(2)17-16-10)9-3-4-11-12(5-9)22-8-21-11/h3-6,20H,7-8H2,1-2H3,(H,15,19)/t14-/m0/s1. The lowest BCUT2D eigenvalue weighted by atomic mass is 9.95. The molecule has 22 heavy (non-hydrogen) atoms. The van der Waals surface area contributed by atoms with Gasteiger partial charge in [-0.25, -0.2) is 0 Å². The summed E-state index contributed by atoms with van der Waals surface area (Å²) < 4.78 is 12.0. The maximum atomic E-state index is 11.9. The van der Waals surface area contributed by atoms with Crippen molar-refractivity contribution in [3.8, 4) is 11.5 Å². The summed E-state index contributed by atoms with van der Waals surface area (Å²) in [5.41, 5.74) is -0.432. The largest absolute Gasteiger partial charge is 0.454 e. The van der Waals surface area contributed by atoms with E-state index in [0.29, 0.717) is 17.1 Å². The number of ether oxygens (including phenoxy) is 2. The molecular weight excluding hydrogens is 288 g/mol. The van der Waals surface area contributed by atoms with Gasteiger partial charge < -0.3 is 19.9 Å². The molecule has 8 nitrogen and oxygen atoms in total.